The monoisotopic (exact) mass is 312 g/mol. The molecule has 0 unspecified atom stereocenters. The van der Waals surface area contributed by atoms with Gasteiger partial charge in [0.1, 0.15) is 0 Å². The molecule has 0 amide bonds. The zero-order valence-electron chi connectivity index (χ0n) is 11.9. The van der Waals surface area contributed by atoms with Gasteiger partial charge in [0.2, 0.25) is 0 Å². The number of pyridine rings is 1. The van der Waals surface area contributed by atoms with E-state index in [1.54, 1.807) is 4.68 Å². The van der Waals surface area contributed by atoms with E-state index in [2.05, 4.69) is 22.3 Å². The molecule has 20 heavy (non-hydrogen) atoms. The third kappa shape index (κ3) is 3.14. The predicted octanol–water partition coefficient (Wildman–Crippen LogP) is 3.69. The molecule has 0 spiro atoms. The molecule has 0 aliphatic carbocycles. The normalized spacial score (nSPS) is 11.1. The van der Waals surface area contributed by atoms with Crippen molar-refractivity contribution in [3.63, 3.8) is 0 Å². The molecule has 0 saturated heterocycles. The number of nitrogens with one attached hydrogen (secondary N) is 1. The third-order valence-electron chi connectivity index (χ3n) is 3.04. The maximum atomic E-state index is 6.32. The number of aromatic nitrogens is 3. The fourth-order valence-electron chi connectivity index (χ4n) is 1.96. The van der Waals surface area contributed by atoms with Crippen LogP contribution in [0.25, 0.3) is 5.82 Å². The van der Waals surface area contributed by atoms with Crippen molar-refractivity contribution in [2.24, 2.45) is 0 Å². The number of nitrogens with zero attached hydrogens (tertiary/aromatic N) is 3. The molecule has 0 fully saturated rings. The number of hydrogen-bond donors (Lipinski definition) is 1. The van der Waals surface area contributed by atoms with Crippen molar-refractivity contribution in [2.45, 2.75) is 33.7 Å². The van der Waals surface area contributed by atoms with Gasteiger partial charge in [0.15, 0.2) is 5.82 Å². The second-order valence-corrected chi connectivity index (χ2v) is 5.51. The van der Waals surface area contributed by atoms with Crippen LogP contribution in [0.4, 0.5) is 0 Å². The molecule has 6 heteroatoms. The van der Waals surface area contributed by atoms with Crippen LogP contribution in [0.5, 0.6) is 0 Å². The molecule has 108 valence electrons. The van der Waals surface area contributed by atoms with Gasteiger partial charge in [0, 0.05) is 12.7 Å². The molecule has 0 atom stereocenters. The van der Waals surface area contributed by atoms with Crippen LogP contribution in [0, 0.1) is 13.8 Å². The van der Waals surface area contributed by atoms with Crippen LogP contribution in [0.15, 0.2) is 12.3 Å². The Morgan fingerprint density at radius 2 is 2.05 bits per heavy atom. The average molecular weight is 313 g/mol. The number of aryl methyl sites for hydroxylation is 1. The van der Waals surface area contributed by atoms with E-state index in [4.69, 9.17) is 23.2 Å². The van der Waals surface area contributed by atoms with E-state index >= 15 is 0 Å². The number of rotatable bonds is 5. The molecule has 0 aliphatic heterocycles. The van der Waals surface area contributed by atoms with Gasteiger partial charge in [-0.3, -0.25) is 0 Å². The summed E-state index contributed by atoms with van der Waals surface area (Å²) in [6.45, 7) is 7.64. The first-order chi connectivity index (χ1) is 9.54. The van der Waals surface area contributed by atoms with E-state index in [9.17, 15) is 0 Å². The first-order valence-electron chi connectivity index (χ1n) is 6.61. The summed E-state index contributed by atoms with van der Waals surface area (Å²) in [5.74, 6) is 0.610. The molecule has 2 aromatic heterocycles. The van der Waals surface area contributed by atoms with Gasteiger partial charge < -0.3 is 5.32 Å². The lowest BCUT2D eigenvalue weighted by Crippen LogP contribution is -2.14. The summed E-state index contributed by atoms with van der Waals surface area (Å²) < 4.78 is 1.68. The first-order valence-corrected chi connectivity index (χ1v) is 7.37. The summed E-state index contributed by atoms with van der Waals surface area (Å²) in [6.07, 6.45) is 2.91. The van der Waals surface area contributed by atoms with Crippen LogP contribution in [0.1, 0.15) is 30.3 Å². The maximum Gasteiger partial charge on any atom is 0.172 e. The molecule has 2 rings (SSSR count). The van der Waals surface area contributed by atoms with Crippen LogP contribution >= 0.6 is 23.2 Å². The Balaban J connectivity index is 2.27. The molecule has 0 radical (unpaired) electrons. The SMILES string of the molecule is CCCNCc1cnc(-n2nc(C)c(Cl)c2C)c(Cl)c1. The number of halogens is 2. The van der Waals surface area contributed by atoms with Crippen molar-refractivity contribution in [3.8, 4) is 5.82 Å². The van der Waals surface area contributed by atoms with Gasteiger partial charge in [-0.2, -0.15) is 5.10 Å². The Bertz CT molecular complexity index is 607. The minimum atomic E-state index is 0.572. The fraction of sp³-hybridized carbons (Fsp3) is 0.429. The zero-order valence-corrected chi connectivity index (χ0v) is 13.4. The highest BCUT2D eigenvalue weighted by Crippen LogP contribution is 2.25. The van der Waals surface area contributed by atoms with Gasteiger partial charge in [0.25, 0.3) is 0 Å². The average Bonchev–Trinajstić information content (AvgIpc) is 2.67. The summed E-state index contributed by atoms with van der Waals surface area (Å²) in [4.78, 5) is 4.41. The first kappa shape index (κ1) is 15.3. The van der Waals surface area contributed by atoms with Crippen molar-refractivity contribution >= 4 is 23.2 Å². The summed E-state index contributed by atoms with van der Waals surface area (Å²) in [6, 6.07) is 1.91. The van der Waals surface area contributed by atoms with Crippen LogP contribution in [-0.2, 0) is 6.54 Å². The highest BCUT2D eigenvalue weighted by atomic mass is 35.5. The van der Waals surface area contributed by atoms with Gasteiger partial charge in [-0.05, 0) is 38.4 Å². The molecule has 0 saturated carbocycles. The molecule has 0 aromatic carbocycles. The molecular formula is C14H18Cl2N4. The van der Waals surface area contributed by atoms with E-state index in [-0.39, 0.29) is 0 Å². The summed E-state index contributed by atoms with van der Waals surface area (Å²) in [5, 5.41) is 8.91. The maximum absolute atomic E-state index is 6.32. The summed E-state index contributed by atoms with van der Waals surface area (Å²) in [7, 11) is 0. The van der Waals surface area contributed by atoms with E-state index in [1.165, 1.54) is 0 Å². The van der Waals surface area contributed by atoms with Crippen LogP contribution in [-0.4, -0.2) is 21.3 Å². The van der Waals surface area contributed by atoms with Gasteiger partial charge >= 0.3 is 0 Å². The Kier molecular flexibility index (Phi) is 5.02. The van der Waals surface area contributed by atoms with Crippen molar-refractivity contribution in [1.82, 2.24) is 20.1 Å². The topological polar surface area (TPSA) is 42.7 Å². The number of hydrogen-bond acceptors (Lipinski definition) is 3. The van der Waals surface area contributed by atoms with E-state index in [0.717, 1.165) is 36.5 Å². The lowest BCUT2D eigenvalue weighted by atomic mass is 10.2. The van der Waals surface area contributed by atoms with Crippen molar-refractivity contribution in [2.75, 3.05) is 6.54 Å². The van der Waals surface area contributed by atoms with Crippen molar-refractivity contribution < 1.29 is 0 Å². The highest BCUT2D eigenvalue weighted by molar-refractivity contribution is 6.32. The Labute approximate surface area is 129 Å². The van der Waals surface area contributed by atoms with E-state index < -0.39 is 0 Å². The van der Waals surface area contributed by atoms with E-state index in [0.29, 0.717) is 15.9 Å². The van der Waals surface area contributed by atoms with Crippen molar-refractivity contribution in [1.29, 1.82) is 0 Å². The largest absolute Gasteiger partial charge is 0.313 e. The highest BCUT2D eigenvalue weighted by Gasteiger charge is 2.14. The van der Waals surface area contributed by atoms with Crippen molar-refractivity contribution in [3.05, 3.63) is 39.3 Å². The third-order valence-corrected chi connectivity index (χ3v) is 3.86. The van der Waals surface area contributed by atoms with Crippen LogP contribution in [0.2, 0.25) is 10.0 Å². The second-order valence-electron chi connectivity index (χ2n) is 4.72. The lowest BCUT2D eigenvalue weighted by molar-refractivity contribution is 0.673. The van der Waals surface area contributed by atoms with Crippen LogP contribution in [0.3, 0.4) is 0 Å². The molecule has 1 N–H and O–H groups in total. The van der Waals surface area contributed by atoms with Gasteiger partial charge in [-0.25, -0.2) is 9.67 Å². The summed E-state index contributed by atoms with van der Waals surface area (Å²) >= 11 is 12.5. The van der Waals surface area contributed by atoms with Gasteiger partial charge in [0.05, 0.1) is 21.4 Å². The lowest BCUT2D eigenvalue weighted by Gasteiger charge is -2.08. The molecule has 4 nitrogen and oxygen atoms in total. The Hall–Kier alpha value is -1.10. The minimum Gasteiger partial charge on any atom is -0.313 e. The fourth-order valence-corrected chi connectivity index (χ4v) is 2.35. The predicted molar refractivity (Wildman–Crippen MR) is 82.9 cm³/mol. The van der Waals surface area contributed by atoms with E-state index in [1.807, 2.05) is 26.1 Å². The molecule has 0 bridgehead atoms. The molecule has 2 aromatic rings. The minimum absolute atomic E-state index is 0.572. The molecular weight excluding hydrogens is 295 g/mol. The molecule has 0 aliphatic rings. The smallest absolute Gasteiger partial charge is 0.172 e. The molecule has 2 heterocycles. The summed E-state index contributed by atoms with van der Waals surface area (Å²) in [5.41, 5.74) is 2.67. The van der Waals surface area contributed by atoms with Gasteiger partial charge in [-0.15, -0.1) is 0 Å². The van der Waals surface area contributed by atoms with Gasteiger partial charge in [-0.1, -0.05) is 30.1 Å². The Morgan fingerprint density at radius 3 is 2.60 bits per heavy atom. The quantitative estimate of drug-likeness (QED) is 0.856. The van der Waals surface area contributed by atoms with Crippen LogP contribution < -0.4 is 5.32 Å². The standard InChI is InChI=1S/C14H18Cl2N4/c1-4-5-17-7-11-6-12(15)14(18-8-11)20-10(3)13(16)9(2)19-20/h6,8,17H,4-5,7H2,1-3H3. The second kappa shape index (κ2) is 6.57. The zero-order chi connectivity index (χ0) is 14.7. The Morgan fingerprint density at radius 1 is 1.30 bits per heavy atom.